The number of carbonyl (C=O) groups excluding carboxylic acids is 1. The number of halogens is 1. The van der Waals surface area contributed by atoms with E-state index in [0.717, 1.165) is 24.2 Å². The molecule has 0 radical (unpaired) electrons. The molecule has 1 atom stereocenters. The Hall–Kier alpha value is -1.81. The van der Waals surface area contributed by atoms with Gasteiger partial charge in [0, 0.05) is 30.0 Å². The van der Waals surface area contributed by atoms with Crippen LogP contribution >= 0.6 is 11.6 Å². The molecule has 1 amide bonds. The van der Waals surface area contributed by atoms with Crippen LogP contribution in [-0.4, -0.2) is 15.5 Å². The van der Waals surface area contributed by atoms with Crippen LogP contribution in [0.4, 0.5) is 0 Å². The first kappa shape index (κ1) is 14.1. The fourth-order valence-corrected chi connectivity index (χ4v) is 2.83. The van der Waals surface area contributed by atoms with Crippen molar-refractivity contribution in [1.29, 1.82) is 0 Å². The molecule has 2 aromatic rings. The quantitative estimate of drug-likeness (QED) is 0.942. The van der Waals surface area contributed by atoms with E-state index in [9.17, 15) is 4.79 Å². The molecule has 0 saturated heterocycles. The third-order valence-electron chi connectivity index (χ3n) is 3.95. The Balaban J connectivity index is 1.83. The number of aryl methyl sites for hydroxylation is 2. The normalized spacial score (nSPS) is 15.8. The lowest BCUT2D eigenvalue weighted by atomic mass is 10.1. The molecule has 0 bridgehead atoms. The van der Waals surface area contributed by atoms with E-state index in [-0.39, 0.29) is 11.9 Å². The molecule has 1 aromatic heterocycles. The number of rotatable bonds is 4. The average molecular weight is 304 g/mol. The largest absolute Gasteiger partial charge is 0.342 e. The van der Waals surface area contributed by atoms with Crippen molar-refractivity contribution in [2.45, 2.75) is 25.8 Å². The van der Waals surface area contributed by atoms with E-state index in [1.165, 1.54) is 0 Å². The Labute approximate surface area is 129 Å². The number of nitrogens with one attached hydrogen (secondary N) is 1. The topological polar surface area (TPSA) is 46.9 Å². The van der Waals surface area contributed by atoms with Gasteiger partial charge in [0.05, 0.1) is 6.04 Å². The van der Waals surface area contributed by atoms with Crippen LogP contribution in [0.25, 0.3) is 0 Å². The molecule has 3 rings (SSSR count). The van der Waals surface area contributed by atoms with Gasteiger partial charge in [0.1, 0.15) is 5.82 Å². The van der Waals surface area contributed by atoms with Gasteiger partial charge < -0.3 is 9.88 Å². The van der Waals surface area contributed by atoms with Crippen molar-refractivity contribution in [3.8, 4) is 0 Å². The first-order valence-electron chi connectivity index (χ1n) is 7.10. The molecule has 1 aliphatic carbocycles. The summed E-state index contributed by atoms with van der Waals surface area (Å²) in [5, 5.41) is 3.78. The molecule has 1 saturated carbocycles. The highest BCUT2D eigenvalue weighted by Crippen LogP contribution is 2.40. The molecule has 0 spiro atoms. The zero-order chi connectivity index (χ0) is 15.0. The van der Waals surface area contributed by atoms with Gasteiger partial charge in [-0.25, -0.2) is 4.98 Å². The third kappa shape index (κ3) is 2.95. The van der Waals surface area contributed by atoms with Crippen molar-refractivity contribution in [2.75, 3.05) is 0 Å². The second-order valence-corrected chi connectivity index (χ2v) is 6.08. The summed E-state index contributed by atoms with van der Waals surface area (Å²) in [6, 6.07) is 5.31. The highest BCUT2D eigenvalue weighted by molar-refractivity contribution is 6.30. The SMILES string of the molecule is Cc1cc(Cl)ccc1C(=O)NC(c1nccn1C)C1CC1. The molecule has 1 heterocycles. The summed E-state index contributed by atoms with van der Waals surface area (Å²) < 4.78 is 1.97. The van der Waals surface area contributed by atoms with Crippen LogP contribution in [0.1, 0.15) is 40.6 Å². The summed E-state index contributed by atoms with van der Waals surface area (Å²) in [5.74, 6) is 1.34. The Bertz CT molecular complexity index is 676. The molecule has 4 nitrogen and oxygen atoms in total. The van der Waals surface area contributed by atoms with Gasteiger partial charge in [0.15, 0.2) is 0 Å². The van der Waals surface area contributed by atoms with Gasteiger partial charge in [-0.15, -0.1) is 0 Å². The Morgan fingerprint density at radius 1 is 1.48 bits per heavy atom. The molecular formula is C16H18ClN3O. The van der Waals surface area contributed by atoms with Crippen molar-refractivity contribution in [3.05, 3.63) is 52.6 Å². The van der Waals surface area contributed by atoms with Crippen molar-refractivity contribution < 1.29 is 4.79 Å². The van der Waals surface area contributed by atoms with Crippen LogP contribution in [0.2, 0.25) is 5.02 Å². The third-order valence-corrected chi connectivity index (χ3v) is 4.18. The van der Waals surface area contributed by atoms with E-state index >= 15 is 0 Å². The first-order chi connectivity index (χ1) is 10.1. The smallest absolute Gasteiger partial charge is 0.252 e. The summed E-state index contributed by atoms with van der Waals surface area (Å²) >= 11 is 5.94. The lowest BCUT2D eigenvalue weighted by Crippen LogP contribution is -2.32. The number of aromatic nitrogens is 2. The maximum atomic E-state index is 12.5. The van der Waals surface area contributed by atoms with Crippen LogP contribution < -0.4 is 5.32 Å². The number of hydrogen-bond donors (Lipinski definition) is 1. The lowest BCUT2D eigenvalue weighted by Gasteiger charge is -2.19. The van der Waals surface area contributed by atoms with Crippen molar-refractivity contribution in [3.63, 3.8) is 0 Å². The number of nitrogens with zero attached hydrogens (tertiary/aromatic N) is 2. The molecule has 1 N–H and O–H groups in total. The number of hydrogen-bond acceptors (Lipinski definition) is 2. The zero-order valence-electron chi connectivity index (χ0n) is 12.1. The molecule has 110 valence electrons. The van der Waals surface area contributed by atoms with Crippen LogP contribution in [-0.2, 0) is 7.05 Å². The fourth-order valence-electron chi connectivity index (χ4n) is 2.60. The van der Waals surface area contributed by atoms with Crippen molar-refractivity contribution in [1.82, 2.24) is 14.9 Å². The molecule has 5 heteroatoms. The van der Waals surface area contributed by atoms with E-state index in [1.807, 2.05) is 30.8 Å². The standard InChI is InChI=1S/C16H18ClN3O/c1-10-9-12(17)5-6-13(10)16(21)19-14(11-3-4-11)15-18-7-8-20(15)2/h5-9,11,14H,3-4H2,1-2H3,(H,19,21). The van der Waals surface area contributed by atoms with Crippen molar-refractivity contribution >= 4 is 17.5 Å². The Kier molecular flexibility index (Phi) is 3.72. The van der Waals surface area contributed by atoms with E-state index < -0.39 is 0 Å². The van der Waals surface area contributed by atoms with Gasteiger partial charge in [-0.2, -0.15) is 0 Å². The predicted octanol–water partition coefficient (Wildman–Crippen LogP) is 3.26. The van der Waals surface area contributed by atoms with E-state index in [0.29, 0.717) is 16.5 Å². The minimum atomic E-state index is -0.0657. The van der Waals surface area contributed by atoms with E-state index in [1.54, 1.807) is 18.3 Å². The summed E-state index contributed by atoms with van der Waals surface area (Å²) in [4.78, 5) is 16.9. The van der Waals surface area contributed by atoms with Gasteiger partial charge in [-0.05, 0) is 49.4 Å². The van der Waals surface area contributed by atoms with Gasteiger partial charge in [0.25, 0.3) is 5.91 Å². The molecule has 21 heavy (non-hydrogen) atoms. The van der Waals surface area contributed by atoms with Crippen LogP contribution in [0.5, 0.6) is 0 Å². The maximum Gasteiger partial charge on any atom is 0.252 e. The average Bonchev–Trinajstić information content (AvgIpc) is 3.18. The number of imidazole rings is 1. The van der Waals surface area contributed by atoms with Gasteiger partial charge in [-0.1, -0.05) is 11.6 Å². The maximum absolute atomic E-state index is 12.5. The minimum absolute atomic E-state index is 0.0208. The molecule has 1 fully saturated rings. The van der Waals surface area contributed by atoms with E-state index in [2.05, 4.69) is 10.3 Å². The molecule has 1 aliphatic rings. The summed E-state index contributed by atoms with van der Waals surface area (Å²) in [7, 11) is 1.96. The molecule has 1 unspecified atom stereocenters. The second kappa shape index (κ2) is 5.53. The summed E-state index contributed by atoms with van der Waals surface area (Å²) in [6.45, 7) is 1.90. The van der Waals surface area contributed by atoms with Gasteiger partial charge in [0.2, 0.25) is 0 Å². The summed E-state index contributed by atoms with van der Waals surface area (Å²) in [6.07, 6.45) is 5.95. The van der Waals surface area contributed by atoms with Crippen LogP contribution in [0, 0.1) is 12.8 Å². The summed E-state index contributed by atoms with van der Waals surface area (Å²) in [5.41, 5.74) is 1.55. The van der Waals surface area contributed by atoms with Gasteiger partial charge >= 0.3 is 0 Å². The predicted molar refractivity (Wildman–Crippen MR) is 82.3 cm³/mol. The molecule has 0 aliphatic heterocycles. The Morgan fingerprint density at radius 2 is 2.24 bits per heavy atom. The first-order valence-corrected chi connectivity index (χ1v) is 7.48. The highest BCUT2D eigenvalue weighted by Gasteiger charge is 2.35. The number of benzene rings is 1. The van der Waals surface area contributed by atoms with Crippen molar-refractivity contribution in [2.24, 2.45) is 13.0 Å². The van der Waals surface area contributed by atoms with Gasteiger partial charge in [-0.3, -0.25) is 4.79 Å². The minimum Gasteiger partial charge on any atom is -0.342 e. The molecular weight excluding hydrogens is 286 g/mol. The monoisotopic (exact) mass is 303 g/mol. The number of amides is 1. The zero-order valence-corrected chi connectivity index (χ0v) is 12.9. The second-order valence-electron chi connectivity index (χ2n) is 5.64. The molecule has 1 aromatic carbocycles. The van der Waals surface area contributed by atoms with E-state index in [4.69, 9.17) is 11.6 Å². The van der Waals surface area contributed by atoms with Crippen LogP contribution in [0.15, 0.2) is 30.6 Å². The van der Waals surface area contributed by atoms with Crippen LogP contribution in [0.3, 0.4) is 0 Å². The lowest BCUT2D eigenvalue weighted by molar-refractivity contribution is 0.0928. The highest BCUT2D eigenvalue weighted by atomic mass is 35.5. The Morgan fingerprint density at radius 3 is 2.81 bits per heavy atom. The number of carbonyl (C=O) groups is 1. The fraction of sp³-hybridized carbons (Fsp3) is 0.375.